The summed E-state index contributed by atoms with van der Waals surface area (Å²) in [5.74, 6) is -0.412. The van der Waals surface area contributed by atoms with Gasteiger partial charge < -0.3 is 10.2 Å². The number of carbonyl (C=O) groups is 1. The summed E-state index contributed by atoms with van der Waals surface area (Å²) in [6.07, 6.45) is 0.561. The Balaban J connectivity index is 1.79. The average molecular weight is 434 g/mol. The molecule has 2 unspecified atom stereocenters. The minimum atomic E-state index is -3.79. The second-order valence-electron chi connectivity index (χ2n) is 8.88. The third kappa shape index (κ3) is 4.71. The molecule has 8 heteroatoms. The molecule has 30 heavy (non-hydrogen) atoms. The SMILES string of the molecule is CC1Cc2cc(S(N)(=O)=O)ccc2N1C(=O)CNC(c1ccc(F)cc1)C(C)(C)C. The van der Waals surface area contributed by atoms with E-state index in [0.29, 0.717) is 12.1 Å². The minimum Gasteiger partial charge on any atom is -0.308 e. The highest BCUT2D eigenvalue weighted by Gasteiger charge is 2.33. The number of nitrogens with one attached hydrogen (secondary N) is 1. The molecule has 3 rings (SSSR count). The molecule has 1 aliphatic rings. The standard InChI is InChI=1S/C22H28FN3O3S/c1-14-11-16-12-18(30(24,28)29)9-10-19(16)26(14)20(27)13-25-21(22(2,3)4)15-5-7-17(23)8-6-15/h5-10,12,14,21,25H,11,13H2,1-4H3,(H2,24,28,29). The number of sulfonamides is 1. The number of primary sulfonamides is 1. The first-order chi connectivity index (χ1) is 13.9. The highest BCUT2D eigenvalue weighted by molar-refractivity contribution is 7.89. The van der Waals surface area contributed by atoms with Crippen LogP contribution in [0.25, 0.3) is 0 Å². The first-order valence-electron chi connectivity index (χ1n) is 9.84. The number of benzene rings is 2. The number of halogens is 1. The number of carbonyl (C=O) groups excluding carboxylic acids is 1. The Morgan fingerprint density at radius 3 is 2.43 bits per heavy atom. The van der Waals surface area contributed by atoms with Gasteiger partial charge in [-0.15, -0.1) is 0 Å². The quantitative estimate of drug-likeness (QED) is 0.758. The molecule has 3 N–H and O–H groups in total. The Bertz CT molecular complexity index is 1050. The van der Waals surface area contributed by atoms with Crippen molar-refractivity contribution in [2.45, 2.75) is 51.1 Å². The maximum absolute atomic E-state index is 13.3. The average Bonchev–Trinajstić information content (AvgIpc) is 2.96. The van der Waals surface area contributed by atoms with Crippen molar-refractivity contribution in [2.24, 2.45) is 10.6 Å². The molecular formula is C22H28FN3O3S. The lowest BCUT2D eigenvalue weighted by atomic mass is 9.82. The van der Waals surface area contributed by atoms with Gasteiger partial charge in [0.1, 0.15) is 5.82 Å². The van der Waals surface area contributed by atoms with Crippen LogP contribution in [0.15, 0.2) is 47.4 Å². The van der Waals surface area contributed by atoms with Gasteiger partial charge in [-0.1, -0.05) is 32.9 Å². The molecule has 6 nitrogen and oxygen atoms in total. The van der Waals surface area contributed by atoms with Gasteiger partial charge >= 0.3 is 0 Å². The monoisotopic (exact) mass is 433 g/mol. The summed E-state index contributed by atoms with van der Waals surface area (Å²) in [5.41, 5.74) is 2.20. The highest BCUT2D eigenvalue weighted by Crippen LogP contribution is 2.35. The first-order valence-corrected chi connectivity index (χ1v) is 11.4. The smallest absolute Gasteiger partial charge is 0.241 e. The molecule has 0 bridgehead atoms. The highest BCUT2D eigenvalue weighted by atomic mass is 32.2. The molecule has 162 valence electrons. The van der Waals surface area contributed by atoms with Crippen LogP contribution in [-0.2, 0) is 21.2 Å². The molecule has 2 atom stereocenters. The normalized spacial score (nSPS) is 17.7. The maximum atomic E-state index is 13.3. The number of anilines is 1. The van der Waals surface area contributed by atoms with E-state index in [-0.39, 0.29) is 40.7 Å². The van der Waals surface area contributed by atoms with Crippen LogP contribution in [-0.4, -0.2) is 26.9 Å². The molecule has 0 spiro atoms. The van der Waals surface area contributed by atoms with Crippen molar-refractivity contribution in [3.05, 3.63) is 59.4 Å². The summed E-state index contributed by atoms with van der Waals surface area (Å²) in [6.45, 7) is 8.19. The van der Waals surface area contributed by atoms with Gasteiger partial charge in [-0.05, 0) is 60.2 Å². The van der Waals surface area contributed by atoms with Gasteiger partial charge in [0.15, 0.2) is 0 Å². The summed E-state index contributed by atoms with van der Waals surface area (Å²) in [4.78, 5) is 14.8. The molecule has 0 fully saturated rings. The molecule has 0 saturated heterocycles. The van der Waals surface area contributed by atoms with Gasteiger partial charge in [-0.2, -0.15) is 0 Å². The number of fused-ring (bicyclic) bond motifs is 1. The topological polar surface area (TPSA) is 92.5 Å². The number of nitrogens with zero attached hydrogens (tertiary/aromatic N) is 1. The molecule has 2 aromatic rings. The van der Waals surface area contributed by atoms with Crippen LogP contribution in [0.4, 0.5) is 10.1 Å². The lowest BCUT2D eigenvalue weighted by Gasteiger charge is -2.33. The Labute approximate surface area is 177 Å². The van der Waals surface area contributed by atoms with E-state index in [2.05, 4.69) is 26.1 Å². The fourth-order valence-corrected chi connectivity index (χ4v) is 4.58. The number of amides is 1. The molecule has 1 amide bonds. The lowest BCUT2D eigenvalue weighted by molar-refractivity contribution is -0.118. The van der Waals surface area contributed by atoms with Crippen LogP contribution >= 0.6 is 0 Å². The first kappa shape index (κ1) is 22.4. The van der Waals surface area contributed by atoms with Crippen LogP contribution in [0.3, 0.4) is 0 Å². The molecule has 1 aliphatic heterocycles. The van der Waals surface area contributed by atoms with E-state index in [1.165, 1.54) is 18.2 Å². The van der Waals surface area contributed by atoms with Crippen LogP contribution in [0.2, 0.25) is 0 Å². The molecular weight excluding hydrogens is 405 g/mol. The summed E-state index contributed by atoms with van der Waals surface area (Å²) in [5, 5.41) is 8.55. The summed E-state index contributed by atoms with van der Waals surface area (Å²) in [7, 11) is -3.79. The Morgan fingerprint density at radius 1 is 1.23 bits per heavy atom. The fraction of sp³-hybridized carbons (Fsp3) is 0.409. The van der Waals surface area contributed by atoms with Gasteiger partial charge in [0, 0.05) is 17.8 Å². The molecule has 0 aromatic heterocycles. The van der Waals surface area contributed by atoms with Crippen LogP contribution in [0.5, 0.6) is 0 Å². The van der Waals surface area contributed by atoms with Crippen LogP contribution in [0, 0.1) is 11.2 Å². The van der Waals surface area contributed by atoms with Crippen molar-refractivity contribution in [3.63, 3.8) is 0 Å². The van der Waals surface area contributed by atoms with Crippen molar-refractivity contribution in [2.75, 3.05) is 11.4 Å². The van der Waals surface area contributed by atoms with E-state index in [1.807, 2.05) is 6.92 Å². The third-order valence-corrected chi connectivity index (χ3v) is 6.30. The van der Waals surface area contributed by atoms with Gasteiger partial charge in [0.2, 0.25) is 15.9 Å². The van der Waals surface area contributed by atoms with Crippen molar-refractivity contribution in [1.29, 1.82) is 0 Å². The zero-order chi connectivity index (χ0) is 22.3. The second-order valence-corrected chi connectivity index (χ2v) is 10.4. The van der Waals surface area contributed by atoms with Gasteiger partial charge in [-0.3, -0.25) is 4.79 Å². The summed E-state index contributed by atoms with van der Waals surface area (Å²) in [6, 6.07) is 10.6. The fourth-order valence-electron chi connectivity index (χ4n) is 4.02. The number of hydrogen-bond acceptors (Lipinski definition) is 4. The van der Waals surface area contributed by atoms with Crippen LogP contribution < -0.4 is 15.4 Å². The van der Waals surface area contributed by atoms with E-state index in [1.54, 1.807) is 29.2 Å². The number of rotatable bonds is 5. The van der Waals surface area contributed by atoms with Crippen LogP contribution in [0.1, 0.15) is 44.9 Å². The van der Waals surface area contributed by atoms with E-state index in [0.717, 1.165) is 11.1 Å². The van der Waals surface area contributed by atoms with E-state index >= 15 is 0 Å². The largest absolute Gasteiger partial charge is 0.308 e. The molecule has 2 aromatic carbocycles. The van der Waals surface area contributed by atoms with Crippen molar-refractivity contribution in [3.8, 4) is 0 Å². The molecule has 0 radical (unpaired) electrons. The number of hydrogen-bond donors (Lipinski definition) is 2. The minimum absolute atomic E-state index is 0.0463. The van der Waals surface area contributed by atoms with E-state index in [4.69, 9.17) is 5.14 Å². The summed E-state index contributed by atoms with van der Waals surface area (Å²) >= 11 is 0. The van der Waals surface area contributed by atoms with E-state index in [9.17, 15) is 17.6 Å². The van der Waals surface area contributed by atoms with Crippen molar-refractivity contribution >= 4 is 21.6 Å². The predicted octanol–water partition coefficient (Wildman–Crippen LogP) is 3.13. The van der Waals surface area contributed by atoms with Crippen molar-refractivity contribution < 1.29 is 17.6 Å². The number of nitrogens with two attached hydrogens (primary N) is 1. The van der Waals surface area contributed by atoms with Gasteiger partial charge in [0.25, 0.3) is 0 Å². The van der Waals surface area contributed by atoms with Gasteiger partial charge in [-0.25, -0.2) is 17.9 Å². The second kappa shape index (κ2) is 8.09. The Kier molecular flexibility index (Phi) is 6.04. The molecule has 1 heterocycles. The Morgan fingerprint density at radius 2 is 1.87 bits per heavy atom. The summed E-state index contributed by atoms with van der Waals surface area (Å²) < 4.78 is 36.6. The zero-order valence-corrected chi connectivity index (χ0v) is 18.5. The lowest BCUT2D eigenvalue weighted by Crippen LogP contribution is -2.44. The molecule has 0 aliphatic carbocycles. The zero-order valence-electron chi connectivity index (χ0n) is 17.6. The Hall–Kier alpha value is -2.29. The van der Waals surface area contributed by atoms with Crippen molar-refractivity contribution in [1.82, 2.24) is 5.32 Å². The molecule has 0 saturated carbocycles. The van der Waals surface area contributed by atoms with Gasteiger partial charge in [0.05, 0.1) is 11.4 Å². The predicted molar refractivity (Wildman–Crippen MR) is 115 cm³/mol. The maximum Gasteiger partial charge on any atom is 0.241 e. The third-order valence-electron chi connectivity index (χ3n) is 5.39. The van der Waals surface area contributed by atoms with E-state index < -0.39 is 10.0 Å².